The van der Waals surface area contributed by atoms with Gasteiger partial charge in [-0.2, -0.15) is 5.10 Å². The average Bonchev–Trinajstić information content (AvgIpc) is 2.94. The maximum absolute atomic E-state index is 12.2. The van der Waals surface area contributed by atoms with Crippen LogP contribution in [0, 0.1) is 15.5 Å². The third-order valence-corrected chi connectivity index (χ3v) is 3.72. The van der Waals surface area contributed by atoms with Crippen molar-refractivity contribution >= 4 is 22.5 Å². The molecule has 2 aromatic rings. The van der Waals surface area contributed by atoms with E-state index in [9.17, 15) is 20.0 Å². The molecule has 0 unspecified atom stereocenters. The highest BCUT2D eigenvalue weighted by atomic mass is 16.6. The maximum Gasteiger partial charge on any atom is 0.272 e. The van der Waals surface area contributed by atoms with Crippen molar-refractivity contribution in [2.24, 2.45) is 5.41 Å². The smallest absolute Gasteiger partial charge is 0.272 e. The maximum atomic E-state index is 12.2. The molecule has 0 aliphatic carbocycles. The van der Waals surface area contributed by atoms with E-state index in [1.54, 1.807) is 0 Å². The molecule has 3 N–H and O–H groups in total. The third-order valence-electron chi connectivity index (χ3n) is 3.72. The van der Waals surface area contributed by atoms with Crippen molar-refractivity contribution in [3.05, 3.63) is 34.0 Å². The first kappa shape index (κ1) is 16.9. The number of hydrogen-bond acceptors (Lipinski definition) is 5. The first-order valence-electron chi connectivity index (χ1n) is 7.36. The van der Waals surface area contributed by atoms with Gasteiger partial charge in [-0.1, -0.05) is 13.8 Å². The molecule has 1 heterocycles. The number of nitrogens with one attached hydrogen (secondary N) is 2. The van der Waals surface area contributed by atoms with Gasteiger partial charge < -0.3 is 10.4 Å². The van der Waals surface area contributed by atoms with Crippen molar-refractivity contribution in [2.45, 2.75) is 26.7 Å². The number of aromatic amines is 1. The zero-order valence-corrected chi connectivity index (χ0v) is 13.1. The Labute approximate surface area is 133 Å². The molecule has 0 bridgehead atoms. The molecule has 1 aromatic heterocycles. The molecule has 0 radical (unpaired) electrons. The number of amides is 1. The predicted octanol–water partition coefficient (Wildman–Crippen LogP) is 2.00. The Morgan fingerprint density at radius 2 is 2.22 bits per heavy atom. The third kappa shape index (κ3) is 4.04. The van der Waals surface area contributed by atoms with Gasteiger partial charge in [-0.3, -0.25) is 20.0 Å². The summed E-state index contributed by atoms with van der Waals surface area (Å²) in [6, 6.07) is 4.23. The standard InChI is InChI=1S/C15H20N4O4/c1-15(2,9-20)6-3-7-16-14(21)13-11-8-10(19(22)23)4-5-12(11)17-18-13/h4-5,8,20H,3,6-7,9H2,1-2H3,(H,16,21)(H,17,18). The second kappa shape index (κ2) is 6.74. The zero-order chi connectivity index (χ0) is 17.0. The largest absolute Gasteiger partial charge is 0.396 e. The lowest BCUT2D eigenvalue weighted by molar-refractivity contribution is -0.384. The minimum atomic E-state index is -0.509. The van der Waals surface area contributed by atoms with Crippen molar-refractivity contribution in [2.75, 3.05) is 13.2 Å². The molecule has 0 aliphatic heterocycles. The van der Waals surface area contributed by atoms with E-state index < -0.39 is 4.92 Å². The molecular weight excluding hydrogens is 300 g/mol. The number of aliphatic hydroxyl groups is 1. The van der Waals surface area contributed by atoms with Crippen molar-refractivity contribution in [3.8, 4) is 0 Å². The van der Waals surface area contributed by atoms with Gasteiger partial charge in [0.25, 0.3) is 11.6 Å². The molecule has 1 amide bonds. The fourth-order valence-electron chi connectivity index (χ4n) is 2.22. The summed E-state index contributed by atoms with van der Waals surface area (Å²) < 4.78 is 0. The van der Waals surface area contributed by atoms with Gasteiger partial charge in [-0.25, -0.2) is 0 Å². The number of fused-ring (bicyclic) bond motifs is 1. The van der Waals surface area contributed by atoms with Crippen LogP contribution in [0.25, 0.3) is 10.9 Å². The summed E-state index contributed by atoms with van der Waals surface area (Å²) in [4.78, 5) is 22.5. The number of aromatic nitrogens is 2. The predicted molar refractivity (Wildman–Crippen MR) is 85.2 cm³/mol. The van der Waals surface area contributed by atoms with Gasteiger partial charge in [-0.15, -0.1) is 0 Å². The molecule has 124 valence electrons. The SMILES string of the molecule is CC(C)(CO)CCCNC(=O)c1n[nH]c2ccc([N+](=O)[O-])cc12. The van der Waals surface area contributed by atoms with Crippen molar-refractivity contribution in [3.63, 3.8) is 0 Å². The minimum absolute atomic E-state index is 0.0855. The Morgan fingerprint density at radius 1 is 1.48 bits per heavy atom. The van der Waals surface area contributed by atoms with E-state index in [2.05, 4.69) is 15.5 Å². The average molecular weight is 320 g/mol. The number of hydrogen-bond donors (Lipinski definition) is 3. The Bertz CT molecular complexity index is 723. The van der Waals surface area contributed by atoms with Crippen LogP contribution >= 0.6 is 0 Å². The van der Waals surface area contributed by atoms with E-state index in [0.29, 0.717) is 17.4 Å². The lowest BCUT2D eigenvalue weighted by atomic mass is 9.89. The first-order valence-corrected chi connectivity index (χ1v) is 7.36. The van der Waals surface area contributed by atoms with E-state index in [1.807, 2.05) is 13.8 Å². The number of carbonyl (C=O) groups is 1. The highest BCUT2D eigenvalue weighted by Crippen LogP contribution is 2.22. The van der Waals surface area contributed by atoms with Crippen LogP contribution in [-0.4, -0.2) is 39.3 Å². The quantitative estimate of drug-likeness (QED) is 0.409. The Balaban J connectivity index is 2.03. The number of H-pyrrole nitrogens is 1. The molecule has 0 atom stereocenters. The number of rotatable bonds is 7. The number of carbonyl (C=O) groups excluding carboxylic acids is 1. The summed E-state index contributed by atoms with van der Waals surface area (Å²) in [6.45, 7) is 4.45. The van der Waals surface area contributed by atoms with Crippen LogP contribution in [-0.2, 0) is 0 Å². The zero-order valence-electron chi connectivity index (χ0n) is 13.1. The van der Waals surface area contributed by atoms with Crippen LogP contribution in [0.3, 0.4) is 0 Å². The molecule has 8 heteroatoms. The molecule has 0 spiro atoms. The summed E-state index contributed by atoms with van der Waals surface area (Å²) in [6.07, 6.45) is 1.50. The summed E-state index contributed by atoms with van der Waals surface area (Å²) in [5, 5.41) is 29.8. The monoisotopic (exact) mass is 320 g/mol. The summed E-state index contributed by atoms with van der Waals surface area (Å²) in [5.41, 5.74) is 0.453. The molecule has 0 aliphatic rings. The number of aliphatic hydroxyl groups excluding tert-OH is 1. The van der Waals surface area contributed by atoms with Crippen molar-refractivity contribution in [1.29, 1.82) is 0 Å². The van der Waals surface area contributed by atoms with E-state index in [4.69, 9.17) is 0 Å². The van der Waals surface area contributed by atoms with Gasteiger partial charge in [0, 0.05) is 30.7 Å². The molecule has 23 heavy (non-hydrogen) atoms. The van der Waals surface area contributed by atoms with E-state index in [0.717, 1.165) is 12.8 Å². The van der Waals surface area contributed by atoms with Gasteiger partial charge >= 0.3 is 0 Å². The number of nitrogens with zero attached hydrogens (tertiary/aromatic N) is 2. The fourth-order valence-corrected chi connectivity index (χ4v) is 2.22. The molecule has 0 saturated carbocycles. The van der Waals surface area contributed by atoms with E-state index in [1.165, 1.54) is 18.2 Å². The van der Waals surface area contributed by atoms with Gasteiger partial charge in [0.1, 0.15) is 0 Å². The second-order valence-corrected chi connectivity index (χ2v) is 6.24. The Kier molecular flexibility index (Phi) is 4.95. The van der Waals surface area contributed by atoms with E-state index >= 15 is 0 Å². The topological polar surface area (TPSA) is 121 Å². The van der Waals surface area contributed by atoms with E-state index in [-0.39, 0.29) is 29.3 Å². The van der Waals surface area contributed by atoms with Gasteiger partial charge in [-0.05, 0) is 24.3 Å². The van der Waals surface area contributed by atoms with Crippen molar-refractivity contribution < 1.29 is 14.8 Å². The van der Waals surface area contributed by atoms with Crippen LogP contribution in [0.4, 0.5) is 5.69 Å². The van der Waals surface area contributed by atoms with Crippen LogP contribution < -0.4 is 5.32 Å². The molecule has 1 aromatic carbocycles. The molecule has 8 nitrogen and oxygen atoms in total. The van der Waals surface area contributed by atoms with Crippen molar-refractivity contribution in [1.82, 2.24) is 15.5 Å². The first-order chi connectivity index (χ1) is 10.8. The number of nitro benzene ring substituents is 1. The second-order valence-electron chi connectivity index (χ2n) is 6.24. The summed E-state index contributed by atoms with van der Waals surface area (Å²) in [5.74, 6) is -0.376. The minimum Gasteiger partial charge on any atom is -0.396 e. The summed E-state index contributed by atoms with van der Waals surface area (Å²) in [7, 11) is 0. The number of benzene rings is 1. The van der Waals surface area contributed by atoms with Crippen LogP contribution in [0.1, 0.15) is 37.2 Å². The van der Waals surface area contributed by atoms with Gasteiger partial charge in [0.05, 0.1) is 10.4 Å². The van der Waals surface area contributed by atoms with Crippen LogP contribution in [0.2, 0.25) is 0 Å². The molecular formula is C15H20N4O4. The Morgan fingerprint density at radius 3 is 2.87 bits per heavy atom. The van der Waals surface area contributed by atoms with Gasteiger partial charge in [0.15, 0.2) is 5.69 Å². The molecule has 2 rings (SSSR count). The lowest BCUT2D eigenvalue weighted by Crippen LogP contribution is -2.26. The fraction of sp³-hybridized carbons (Fsp3) is 0.467. The van der Waals surface area contributed by atoms with Gasteiger partial charge in [0.2, 0.25) is 0 Å². The normalized spacial score (nSPS) is 11.6. The molecule has 0 fully saturated rings. The Hall–Kier alpha value is -2.48. The molecule has 0 saturated heterocycles. The van der Waals surface area contributed by atoms with Crippen LogP contribution in [0.15, 0.2) is 18.2 Å². The highest BCUT2D eigenvalue weighted by Gasteiger charge is 2.18. The highest BCUT2D eigenvalue weighted by molar-refractivity contribution is 6.05. The van der Waals surface area contributed by atoms with Crippen LogP contribution in [0.5, 0.6) is 0 Å². The number of nitro groups is 1. The number of non-ortho nitro benzene ring substituents is 1. The summed E-state index contributed by atoms with van der Waals surface area (Å²) >= 11 is 0. The lowest BCUT2D eigenvalue weighted by Gasteiger charge is -2.21.